The molecule has 0 saturated carbocycles. The third kappa shape index (κ3) is 4.16. The standard InChI is InChI=1S/C19H22N8/c1-13-8-14(2)24-19(23-13)26-17-10-21-9-16(25-17)15-4-3-7-27(12-15)18-11-20-5-6-22-18/h5-6,8-11,15H,3-4,7,12H2,1-2H3,(H,23,24,25,26)/t15-/m1/s1. The molecule has 4 heterocycles. The van der Waals surface area contributed by atoms with Gasteiger partial charge < -0.3 is 10.2 Å². The molecule has 8 nitrogen and oxygen atoms in total. The molecule has 1 saturated heterocycles. The van der Waals surface area contributed by atoms with Gasteiger partial charge in [0, 0.05) is 49.0 Å². The fourth-order valence-corrected chi connectivity index (χ4v) is 3.42. The molecule has 27 heavy (non-hydrogen) atoms. The lowest BCUT2D eigenvalue weighted by molar-refractivity contribution is 0.497. The van der Waals surface area contributed by atoms with Crippen LogP contribution in [0, 0.1) is 13.8 Å². The highest BCUT2D eigenvalue weighted by Crippen LogP contribution is 2.28. The minimum atomic E-state index is 0.301. The monoisotopic (exact) mass is 362 g/mol. The van der Waals surface area contributed by atoms with Crippen molar-refractivity contribution in [2.45, 2.75) is 32.6 Å². The molecule has 0 amide bonds. The van der Waals surface area contributed by atoms with Crippen molar-refractivity contribution in [3.63, 3.8) is 0 Å². The molecular weight excluding hydrogens is 340 g/mol. The van der Waals surface area contributed by atoms with Crippen LogP contribution in [0.1, 0.15) is 35.8 Å². The summed E-state index contributed by atoms with van der Waals surface area (Å²) in [6, 6.07) is 1.94. The van der Waals surface area contributed by atoms with Gasteiger partial charge in [-0.15, -0.1) is 0 Å². The number of nitrogens with zero attached hydrogens (tertiary/aromatic N) is 7. The van der Waals surface area contributed by atoms with Crippen molar-refractivity contribution in [3.05, 3.63) is 54.1 Å². The normalized spacial score (nSPS) is 17.0. The lowest BCUT2D eigenvalue weighted by atomic mass is 9.95. The minimum Gasteiger partial charge on any atom is -0.355 e. The van der Waals surface area contributed by atoms with Gasteiger partial charge in [0.1, 0.15) is 5.82 Å². The third-order valence-electron chi connectivity index (χ3n) is 4.59. The van der Waals surface area contributed by atoms with E-state index in [0.29, 0.717) is 17.7 Å². The number of piperidine rings is 1. The summed E-state index contributed by atoms with van der Waals surface area (Å²) in [7, 11) is 0. The van der Waals surface area contributed by atoms with Crippen LogP contribution in [0.25, 0.3) is 0 Å². The molecule has 8 heteroatoms. The largest absolute Gasteiger partial charge is 0.355 e. The predicted octanol–water partition coefficient (Wildman–Crippen LogP) is 2.80. The number of hydrogen-bond acceptors (Lipinski definition) is 8. The van der Waals surface area contributed by atoms with Crippen molar-refractivity contribution in [1.29, 1.82) is 0 Å². The summed E-state index contributed by atoms with van der Waals surface area (Å²) in [6.07, 6.45) is 10.9. The highest BCUT2D eigenvalue weighted by molar-refractivity contribution is 5.47. The number of rotatable bonds is 4. The number of anilines is 3. The van der Waals surface area contributed by atoms with E-state index >= 15 is 0 Å². The molecule has 0 spiro atoms. The van der Waals surface area contributed by atoms with E-state index in [-0.39, 0.29) is 0 Å². The maximum absolute atomic E-state index is 4.76. The van der Waals surface area contributed by atoms with Crippen molar-refractivity contribution in [1.82, 2.24) is 29.9 Å². The Balaban J connectivity index is 1.51. The van der Waals surface area contributed by atoms with E-state index < -0.39 is 0 Å². The first-order valence-electron chi connectivity index (χ1n) is 9.09. The Hall–Kier alpha value is -3.16. The maximum atomic E-state index is 4.76. The van der Waals surface area contributed by atoms with Crippen LogP contribution < -0.4 is 10.2 Å². The Bertz CT molecular complexity index is 894. The van der Waals surface area contributed by atoms with Gasteiger partial charge in [0.2, 0.25) is 5.95 Å². The highest BCUT2D eigenvalue weighted by Gasteiger charge is 2.24. The molecule has 0 aromatic carbocycles. The number of aromatic nitrogens is 6. The van der Waals surface area contributed by atoms with Gasteiger partial charge >= 0.3 is 0 Å². The Labute approximate surface area is 158 Å². The van der Waals surface area contributed by atoms with E-state index in [1.165, 1.54) is 0 Å². The van der Waals surface area contributed by atoms with Crippen molar-refractivity contribution in [2.24, 2.45) is 0 Å². The summed E-state index contributed by atoms with van der Waals surface area (Å²) in [4.78, 5) is 28.8. The van der Waals surface area contributed by atoms with Crippen molar-refractivity contribution >= 4 is 17.6 Å². The molecule has 1 aliphatic rings. The lowest BCUT2D eigenvalue weighted by Gasteiger charge is -2.33. The van der Waals surface area contributed by atoms with Crippen LogP contribution in [0.3, 0.4) is 0 Å². The van der Waals surface area contributed by atoms with Gasteiger partial charge in [-0.1, -0.05) is 0 Å². The van der Waals surface area contributed by atoms with Crippen molar-refractivity contribution in [3.8, 4) is 0 Å². The fourth-order valence-electron chi connectivity index (χ4n) is 3.42. The van der Waals surface area contributed by atoms with Gasteiger partial charge in [-0.25, -0.2) is 19.9 Å². The molecule has 0 aliphatic carbocycles. The second-order valence-electron chi connectivity index (χ2n) is 6.78. The van der Waals surface area contributed by atoms with Gasteiger partial charge in [0.15, 0.2) is 5.82 Å². The molecule has 4 rings (SSSR count). The average Bonchev–Trinajstić information content (AvgIpc) is 2.68. The van der Waals surface area contributed by atoms with E-state index in [1.54, 1.807) is 18.6 Å². The Morgan fingerprint density at radius 2 is 1.85 bits per heavy atom. The first-order chi connectivity index (χ1) is 13.2. The molecular formula is C19H22N8. The SMILES string of the molecule is Cc1cc(C)nc(Nc2cncc([C@@H]3CCCN(c4cnccn4)C3)n2)n1. The topological polar surface area (TPSA) is 92.6 Å². The zero-order valence-electron chi connectivity index (χ0n) is 15.5. The minimum absolute atomic E-state index is 0.301. The van der Waals surface area contributed by atoms with Crippen LogP contribution in [-0.4, -0.2) is 43.0 Å². The lowest BCUT2D eigenvalue weighted by Crippen LogP contribution is -2.35. The number of hydrogen-bond donors (Lipinski definition) is 1. The van der Waals surface area contributed by atoms with E-state index in [2.05, 4.69) is 35.1 Å². The summed E-state index contributed by atoms with van der Waals surface area (Å²) in [5, 5.41) is 3.18. The Morgan fingerprint density at radius 3 is 2.63 bits per heavy atom. The van der Waals surface area contributed by atoms with Crippen LogP contribution in [0.15, 0.2) is 37.1 Å². The maximum Gasteiger partial charge on any atom is 0.228 e. The van der Waals surface area contributed by atoms with Gasteiger partial charge in [-0.2, -0.15) is 0 Å². The smallest absolute Gasteiger partial charge is 0.228 e. The second-order valence-corrected chi connectivity index (χ2v) is 6.78. The third-order valence-corrected chi connectivity index (χ3v) is 4.59. The zero-order chi connectivity index (χ0) is 18.6. The van der Waals surface area contributed by atoms with E-state index in [9.17, 15) is 0 Å². The van der Waals surface area contributed by atoms with Gasteiger partial charge in [0.25, 0.3) is 0 Å². The summed E-state index contributed by atoms with van der Waals surface area (Å²) < 4.78 is 0. The first kappa shape index (κ1) is 17.3. The summed E-state index contributed by atoms with van der Waals surface area (Å²) in [6.45, 7) is 5.74. The molecule has 138 valence electrons. The fraction of sp³-hybridized carbons (Fsp3) is 0.368. The molecule has 0 bridgehead atoms. The van der Waals surface area contributed by atoms with Crippen LogP contribution in [0.5, 0.6) is 0 Å². The van der Waals surface area contributed by atoms with Gasteiger partial charge in [0.05, 0.1) is 18.1 Å². The summed E-state index contributed by atoms with van der Waals surface area (Å²) in [5.74, 6) is 2.42. The first-order valence-corrected chi connectivity index (χ1v) is 9.09. The van der Waals surface area contributed by atoms with Crippen LogP contribution in [0.4, 0.5) is 17.6 Å². The molecule has 1 atom stereocenters. The van der Waals surface area contributed by atoms with Crippen molar-refractivity contribution < 1.29 is 0 Å². The highest BCUT2D eigenvalue weighted by atomic mass is 15.2. The molecule has 0 unspecified atom stereocenters. The molecule has 3 aromatic rings. The predicted molar refractivity (Wildman–Crippen MR) is 103 cm³/mol. The average molecular weight is 362 g/mol. The number of aryl methyl sites for hydroxylation is 2. The molecule has 3 aromatic heterocycles. The van der Waals surface area contributed by atoms with Crippen LogP contribution >= 0.6 is 0 Å². The van der Waals surface area contributed by atoms with E-state index in [0.717, 1.165) is 48.8 Å². The molecule has 1 N–H and O–H groups in total. The molecule has 1 aliphatic heterocycles. The van der Waals surface area contributed by atoms with Gasteiger partial charge in [-0.05, 0) is 32.8 Å². The molecule has 1 fully saturated rings. The van der Waals surface area contributed by atoms with Crippen molar-refractivity contribution in [2.75, 3.05) is 23.3 Å². The number of nitrogens with one attached hydrogen (secondary N) is 1. The second kappa shape index (κ2) is 7.61. The van der Waals surface area contributed by atoms with E-state index in [4.69, 9.17) is 4.98 Å². The van der Waals surface area contributed by atoms with E-state index in [1.807, 2.05) is 32.3 Å². The summed E-state index contributed by atoms with van der Waals surface area (Å²) in [5.41, 5.74) is 2.81. The Morgan fingerprint density at radius 1 is 1.00 bits per heavy atom. The summed E-state index contributed by atoms with van der Waals surface area (Å²) >= 11 is 0. The molecule has 0 radical (unpaired) electrons. The van der Waals surface area contributed by atoms with Crippen LogP contribution in [-0.2, 0) is 0 Å². The van der Waals surface area contributed by atoms with Gasteiger partial charge in [-0.3, -0.25) is 9.97 Å². The quantitative estimate of drug-likeness (QED) is 0.757. The Kier molecular flexibility index (Phi) is 4.86. The zero-order valence-corrected chi connectivity index (χ0v) is 15.5. The van der Waals surface area contributed by atoms with Crippen LogP contribution in [0.2, 0.25) is 0 Å².